The predicted molar refractivity (Wildman–Crippen MR) is 72.8 cm³/mol. The Balaban J connectivity index is 2.33. The molecule has 0 unspecified atom stereocenters. The van der Waals surface area contributed by atoms with Crippen LogP contribution in [0.3, 0.4) is 0 Å². The number of hydrogen-bond donors (Lipinski definition) is 0. The molecule has 0 fully saturated rings. The summed E-state index contributed by atoms with van der Waals surface area (Å²) in [7, 11) is 1.53. The second-order valence-electron chi connectivity index (χ2n) is 3.89. The monoisotopic (exact) mass is 346 g/mol. The Morgan fingerprint density at radius 1 is 1.00 bits per heavy atom. The normalized spacial score (nSPS) is 11.2. The molecule has 0 aliphatic heterocycles. The van der Waals surface area contributed by atoms with Crippen LogP contribution in [-0.2, 0) is 0 Å². The largest absolute Gasteiger partial charge is 0.573 e. The molecule has 6 heteroatoms. The van der Waals surface area contributed by atoms with E-state index in [0.717, 1.165) is 15.6 Å². The lowest BCUT2D eigenvalue weighted by molar-refractivity contribution is -0.274. The van der Waals surface area contributed by atoms with Gasteiger partial charge < -0.3 is 9.47 Å². The second kappa shape index (κ2) is 5.75. The molecular weight excluding hydrogens is 337 g/mol. The lowest BCUT2D eigenvalue weighted by atomic mass is 10.0. The molecule has 0 saturated heterocycles. The molecule has 106 valence electrons. The Labute approximate surface area is 122 Å². The van der Waals surface area contributed by atoms with Crippen molar-refractivity contribution in [3.63, 3.8) is 0 Å². The maximum Gasteiger partial charge on any atom is 0.573 e. The fourth-order valence-corrected chi connectivity index (χ4v) is 2.31. The third-order valence-electron chi connectivity index (χ3n) is 2.57. The summed E-state index contributed by atoms with van der Waals surface area (Å²) in [5, 5.41) is 0. The maximum atomic E-state index is 12.1. The fourth-order valence-electron chi connectivity index (χ4n) is 1.78. The molecule has 2 nitrogen and oxygen atoms in total. The summed E-state index contributed by atoms with van der Waals surface area (Å²) in [6.45, 7) is 0. The van der Waals surface area contributed by atoms with Crippen LogP contribution in [0.2, 0.25) is 0 Å². The number of hydrogen-bond acceptors (Lipinski definition) is 2. The first-order chi connectivity index (χ1) is 9.40. The highest BCUT2D eigenvalue weighted by molar-refractivity contribution is 9.10. The minimum Gasteiger partial charge on any atom is -0.495 e. The van der Waals surface area contributed by atoms with Crippen LogP contribution in [0.15, 0.2) is 46.9 Å². The molecule has 2 aromatic carbocycles. The zero-order valence-corrected chi connectivity index (χ0v) is 12.0. The SMILES string of the molecule is COc1c(Br)cccc1-c1ccc(OC(F)(F)F)cc1. The van der Waals surface area contributed by atoms with Crippen LogP contribution in [0.25, 0.3) is 11.1 Å². The lowest BCUT2D eigenvalue weighted by Crippen LogP contribution is -2.16. The molecule has 0 aliphatic carbocycles. The summed E-state index contributed by atoms with van der Waals surface area (Å²) in [4.78, 5) is 0. The van der Waals surface area contributed by atoms with E-state index in [1.165, 1.54) is 19.2 Å². The average Bonchev–Trinajstić information content (AvgIpc) is 2.37. The first-order valence-electron chi connectivity index (χ1n) is 5.59. The van der Waals surface area contributed by atoms with E-state index < -0.39 is 6.36 Å². The van der Waals surface area contributed by atoms with Gasteiger partial charge in [-0.2, -0.15) is 0 Å². The highest BCUT2D eigenvalue weighted by Gasteiger charge is 2.31. The first-order valence-corrected chi connectivity index (χ1v) is 6.38. The maximum absolute atomic E-state index is 12.1. The van der Waals surface area contributed by atoms with Gasteiger partial charge in [0.1, 0.15) is 11.5 Å². The van der Waals surface area contributed by atoms with E-state index in [1.807, 2.05) is 18.2 Å². The van der Waals surface area contributed by atoms with Gasteiger partial charge in [-0.05, 0) is 39.7 Å². The molecule has 20 heavy (non-hydrogen) atoms. The van der Waals surface area contributed by atoms with Gasteiger partial charge in [0.15, 0.2) is 0 Å². The van der Waals surface area contributed by atoms with Crippen LogP contribution in [0.5, 0.6) is 11.5 Å². The van der Waals surface area contributed by atoms with Gasteiger partial charge >= 0.3 is 6.36 Å². The zero-order chi connectivity index (χ0) is 14.8. The number of methoxy groups -OCH3 is 1. The summed E-state index contributed by atoms with van der Waals surface area (Å²) in [6.07, 6.45) is -4.69. The average molecular weight is 347 g/mol. The fraction of sp³-hybridized carbons (Fsp3) is 0.143. The quantitative estimate of drug-likeness (QED) is 0.776. The van der Waals surface area contributed by atoms with Gasteiger partial charge in [-0.15, -0.1) is 13.2 Å². The number of rotatable bonds is 3. The van der Waals surface area contributed by atoms with E-state index in [9.17, 15) is 13.2 Å². The Morgan fingerprint density at radius 2 is 1.65 bits per heavy atom. The minimum atomic E-state index is -4.69. The smallest absolute Gasteiger partial charge is 0.495 e. The summed E-state index contributed by atoms with van der Waals surface area (Å²) in [6, 6.07) is 11.1. The molecule has 0 N–H and O–H groups in total. The Morgan fingerprint density at radius 3 is 2.20 bits per heavy atom. The number of ether oxygens (including phenoxy) is 2. The first kappa shape index (κ1) is 14.7. The standard InChI is InChI=1S/C14H10BrF3O2/c1-19-13-11(3-2-4-12(13)15)9-5-7-10(8-6-9)20-14(16,17)18/h2-8H,1H3. The van der Waals surface area contributed by atoms with Gasteiger partial charge in [0, 0.05) is 5.56 Å². The Bertz CT molecular complexity index is 594. The molecule has 0 radical (unpaired) electrons. The molecule has 0 aromatic heterocycles. The van der Waals surface area contributed by atoms with Gasteiger partial charge in [-0.3, -0.25) is 0 Å². The molecule has 2 rings (SSSR count). The molecular formula is C14H10BrF3O2. The van der Waals surface area contributed by atoms with E-state index in [0.29, 0.717) is 5.75 Å². The van der Waals surface area contributed by atoms with Crippen molar-refractivity contribution in [3.8, 4) is 22.6 Å². The van der Waals surface area contributed by atoms with Crippen LogP contribution >= 0.6 is 15.9 Å². The molecule has 0 spiro atoms. The predicted octanol–water partition coefficient (Wildman–Crippen LogP) is 5.02. The van der Waals surface area contributed by atoms with Crippen molar-refractivity contribution in [2.24, 2.45) is 0 Å². The third-order valence-corrected chi connectivity index (χ3v) is 3.19. The van der Waals surface area contributed by atoms with Crippen molar-refractivity contribution in [2.75, 3.05) is 7.11 Å². The highest BCUT2D eigenvalue weighted by atomic mass is 79.9. The second-order valence-corrected chi connectivity index (χ2v) is 4.75. The molecule has 2 aromatic rings. The van der Waals surface area contributed by atoms with Crippen LogP contribution in [-0.4, -0.2) is 13.5 Å². The van der Waals surface area contributed by atoms with Crippen molar-refractivity contribution in [1.29, 1.82) is 0 Å². The van der Waals surface area contributed by atoms with Gasteiger partial charge in [-0.1, -0.05) is 24.3 Å². The summed E-state index contributed by atoms with van der Waals surface area (Å²) < 4.78 is 46.2. The Hall–Kier alpha value is -1.69. The molecule has 0 saturated carbocycles. The highest BCUT2D eigenvalue weighted by Crippen LogP contribution is 2.37. The van der Waals surface area contributed by atoms with Crippen molar-refractivity contribution in [2.45, 2.75) is 6.36 Å². The minimum absolute atomic E-state index is 0.254. The van der Waals surface area contributed by atoms with Crippen LogP contribution in [0.4, 0.5) is 13.2 Å². The van der Waals surface area contributed by atoms with E-state index in [2.05, 4.69) is 20.7 Å². The van der Waals surface area contributed by atoms with Gasteiger partial charge in [0.05, 0.1) is 11.6 Å². The van der Waals surface area contributed by atoms with Gasteiger partial charge in [0.2, 0.25) is 0 Å². The van der Waals surface area contributed by atoms with Crippen molar-refractivity contribution in [3.05, 3.63) is 46.9 Å². The number of halogens is 4. The van der Waals surface area contributed by atoms with E-state index >= 15 is 0 Å². The van der Waals surface area contributed by atoms with Crippen molar-refractivity contribution in [1.82, 2.24) is 0 Å². The number of alkyl halides is 3. The molecule has 0 atom stereocenters. The number of benzene rings is 2. The van der Waals surface area contributed by atoms with Gasteiger partial charge in [0.25, 0.3) is 0 Å². The van der Waals surface area contributed by atoms with Crippen LogP contribution < -0.4 is 9.47 Å². The van der Waals surface area contributed by atoms with Crippen LogP contribution in [0.1, 0.15) is 0 Å². The summed E-state index contributed by atoms with van der Waals surface area (Å²) >= 11 is 3.36. The zero-order valence-electron chi connectivity index (χ0n) is 10.4. The van der Waals surface area contributed by atoms with Gasteiger partial charge in [-0.25, -0.2) is 0 Å². The number of para-hydroxylation sites is 1. The molecule has 0 heterocycles. The van der Waals surface area contributed by atoms with E-state index in [-0.39, 0.29) is 5.75 Å². The summed E-state index contributed by atoms with van der Waals surface area (Å²) in [5.74, 6) is 0.368. The summed E-state index contributed by atoms with van der Waals surface area (Å²) in [5.41, 5.74) is 1.51. The van der Waals surface area contributed by atoms with Crippen molar-refractivity contribution < 1.29 is 22.6 Å². The van der Waals surface area contributed by atoms with Crippen molar-refractivity contribution >= 4 is 15.9 Å². The topological polar surface area (TPSA) is 18.5 Å². The van der Waals surface area contributed by atoms with E-state index in [4.69, 9.17) is 4.74 Å². The lowest BCUT2D eigenvalue weighted by Gasteiger charge is -2.12. The molecule has 0 amide bonds. The Kier molecular flexibility index (Phi) is 4.23. The molecule has 0 aliphatic rings. The molecule has 0 bridgehead atoms. The van der Waals surface area contributed by atoms with E-state index in [1.54, 1.807) is 12.1 Å². The van der Waals surface area contributed by atoms with Crippen LogP contribution in [0, 0.1) is 0 Å². The third kappa shape index (κ3) is 3.45.